The third-order valence-electron chi connectivity index (χ3n) is 4.38. The van der Waals surface area contributed by atoms with Crippen molar-refractivity contribution in [3.8, 4) is 22.6 Å². The van der Waals surface area contributed by atoms with E-state index in [1.54, 1.807) is 0 Å². The molecule has 0 unspecified atom stereocenters. The van der Waals surface area contributed by atoms with Crippen molar-refractivity contribution in [1.82, 2.24) is 9.97 Å². The number of Topliss-reactive ketones (excluding diaryl/α,β-unsaturated/α-hetero) is 1. The monoisotopic (exact) mass is 416 g/mol. The number of carbonyl (C=O) groups excluding carboxylic acids is 1. The first kappa shape index (κ1) is 17.4. The van der Waals surface area contributed by atoms with Crippen LogP contribution in [0.3, 0.4) is 0 Å². The molecule has 0 saturated heterocycles. The number of hydrogen-bond donors (Lipinski definition) is 1. The predicted octanol–water partition coefficient (Wildman–Crippen LogP) is 5.93. The number of rotatable bonds is 5. The average molecular weight is 417 g/mol. The molecule has 0 aliphatic carbocycles. The molecule has 0 bridgehead atoms. The molecule has 0 aliphatic rings. The highest BCUT2D eigenvalue weighted by atomic mass is 79.9. The molecule has 0 saturated carbocycles. The number of ketones is 1. The molecule has 0 amide bonds. The van der Waals surface area contributed by atoms with E-state index in [1.807, 2.05) is 84.9 Å². The fraction of sp³-hybridized carbons (Fsp3) is 0.0435. The van der Waals surface area contributed by atoms with Crippen molar-refractivity contribution in [1.29, 1.82) is 0 Å². The Morgan fingerprint density at radius 1 is 0.815 bits per heavy atom. The lowest BCUT2D eigenvalue weighted by atomic mass is 10.0. The van der Waals surface area contributed by atoms with Gasteiger partial charge in [0.2, 0.25) is 0 Å². The van der Waals surface area contributed by atoms with Gasteiger partial charge in [0.1, 0.15) is 5.82 Å². The molecule has 0 radical (unpaired) electrons. The Balaban J connectivity index is 1.74. The number of benzene rings is 3. The third kappa shape index (κ3) is 3.91. The van der Waals surface area contributed by atoms with Crippen molar-refractivity contribution in [3.05, 3.63) is 101 Å². The van der Waals surface area contributed by atoms with Gasteiger partial charge in [-0.15, -0.1) is 0 Å². The van der Waals surface area contributed by atoms with E-state index in [1.165, 1.54) is 0 Å². The molecule has 0 fully saturated rings. The second kappa shape index (κ2) is 7.72. The Morgan fingerprint density at radius 2 is 1.44 bits per heavy atom. The van der Waals surface area contributed by atoms with Gasteiger partial charge >= 0.3 is 0 Å². The standard InChI is InChI=1S/C23H17BrN2O/c24-19-13-11-18(12-14-19)23-25-20(15-21(27)16-7-3-1-4-8-16)22(26-23)17-9-5-2-6-10-17/h1-14H,15H2,(H,25,26). The first-order valence-corrected chi connectivity index (χ1v) is 9.48. The second-order valence-electron chi connectivity index (χ2n) is 6.25. The van der Waals surface area contributed by atoms with Crippen LogP contribution in [-0.2, 0) is 6.42 Å². The molecule has 0 spiro atoms. The molecule has 4 heteroatoms. The lowest BCUT2D eigenvalue weighted by Gasteiger charge is -2.03. The summed E-state index contributed by atoms with van der Waals surface area (Å²) in [6.07, 6.45) is 0.276. The SMILES string of the molecule is O=C(Cc1[nH]c(-c2ccc(Br)cc2)nc1-c1ccccc1)c1ccccc1. The van der Waals surface area contributed by atoms with Crippen LogP contribution in [0.1, 0.15) is 16.1 Å². The van der Waals surface area contributed by atoms with E-state index in [4.69, 9.17) is 4.98 Å². The maximum Gasteiger partial charge on any atom is 0.168 e. The Kier molecular flexibility index (Phi) is 4.99. The number of H-pyrrole nitrogens is 1. The molecule has 1 heterocycles. The van der Waals surface area contributed by atoms with Gasteiger partial charge in [0.25, 0.3) is 0 Å². The number of hydrogen-bond acceptors (Lipinski definition) is 2. The van der Waals surface area contributed by atoms with Crippen molar-refractivity contribution in [2.45, 2.75) is 6.42 Å². The third-order valence-corrected chi connectivity index (χ3v) is 4.91. The van der Waals surface area contributed by atoms with E-state index < -0.39 is 0 Å². The Bertz CT molecular complexity index is 1050. The molecule has 3 nitrogen and oxygen atoms in total. The van der Waals surface area contributed by atoms with Gasteiger partial charge in [0.15, 0.2) is 5.78 Å². The lowest BCUT2D eigenvalue weighted by molar-refractivity contribution is 0.0992. The van der Waals surface area contributed by atoms with Crippen molar-refractivity contribution >= 4 is 21.7 Å². The van der Waals surface area contributed by atoms with Crippen molar-refractivity contribution in [2.24, 2.45) is 0 Å². The predicted molar refractivity (Wildman–Crippen MR) is 112 cm³/mol. The van der Waals surface area contributed by atoms with Gasteiger partial charge in [-0.2, -0.15) is 0 Å². The highest BCUT2D eigenvalue weighted by molar-refractivity contribution is 9.10. The van der Waals surface area contributed by atoms with Crippen LogP contribution in [0.5, 0.6) is 0 Å². The van der Waals surface area contributed by atoms with Crippen molar-refractivity contribution in [2.75, 3.05) is 0 Å². The topological polar surface area (TPSA) is 45.8 Å². The van der Waals surface area contributed by atoms with Gasteiger partial charge in [-0.1, -0.05) is 88.7 Å². The molecule has 132 valence electrons. The van der Waals surface area contributed by atoms with Crippen molar-refractivity contribution in [3.63, 3.8) is 0 Å². The largest absolute Gasteiger partial charge is 0.341 e. The zero-order valence-corrected chi connectivity index (χ0v) is 16.1. The van der Waals surface area contributed by atoms with Gasteiger partial charge < -0.3 is 4.98 Å². The van der Waals surface area contributed by atoms with Crippen LogP contribution in [0.2, 0.25) is 0 Å². The fourth-order valence-electron chi connectivity index (χ4n) is 3.00. The van der Waals surface area contributed by atoms with E-state index in [9.17, 15) is 4.79 Å². The summed E-state index contributed by atoms with van der Waals surface area (Å²) < 4.78 is 1.01. The first-order valence-electron chi connectivity index (χ1n) is 8.69. The maximum atomic E-state index is 12.7. The van der Waals surface area contributed by atoms with E-state index in [-0.39, 0.29) is 12.2 Å². The molecule has 4 aromatic rings. The Hall–Kier alpha value is -2.98. The summed E-state index contributed by atoms with van der Waals surface area (Å²) >= 11 is 3.46. The van der Waals surface area contributed by atoms with Crippen LogP contribution in [-0.4, -0.2) is 15.8 Å². The van der Waals surface area contributed by atoms with E-state index in [2.05, 4.69) is 20.9 Å². The summed E-state index contributed by atoms with van der Waals surface area (Å²) in [5.74, 6) is 0.830. The van der Waals surface area contributed by atoms with Crippen LogP contribution in [0, 0.1) is 0 Å². The Labute approximate surface area is 166 Å². The van der Waals surface area contributed by atoms with Crippen LogP contribution < -0.4 is 0 Å². The van der Waals surface area contributed by atoms with E-state index >= 15 is 0 Å². The summed E-state index contributed by atoms with van der Waals surface area (Å²) in [4.78, 5) is 20.9. The van der Waals surface area contributed by atoms with E-state index in [0.29, 0.717) is 5.56 Å². The summed E-state index contributed by atoms with van der Waals surface area (Å²) in [6.45, 7) is 0. The molecule has 27 heavy (non-hydrogen) atoms. The van der Waals surface area contributed by atoms with Gasteiger partial charge in [-0.05, 0) is 12.1 Å². The molecule has 0 aliphatic heterocycles. The summed E-state index contributed by atoms with van der Waals surface area (Å²) in [5.41, 5.74) is 4.32. The molecule has 3 aromatic carbocycles. The fourth-order valence-corrected chi connectivity index (χ4v) is 3.27. The van der Waals surface area contributed by atoms with Crippen LogP contribution in [0.4, 0.5) is 0 Å². The van der Waals surface area contributed by atoms with Crippen molar-refractivity contribution < 1.29 is 4.79 Å². The number of nitrogens with one attached hydrogen (secondary N) is 1. The minimum absolute atomic E-state index is 0.0683. The minimum atomic E-state index is 0.0683. The quantitative estimate of drug-likeness (QED) is 0.409. The van der Waals surface area contributed by atoms with Gasteiger partial charge in [-0.25, -0.2) is 4.98 Å². The Morgan fingerprint density at radius 3 is 2.11 bits per heavy atom. The normalized spacial score (nSPS) is 10.7. The highest BCUT2D eigenvalue weighted by Gasteiger charge is 2.17. The zero-order valence-electron chi connectivity index (χ0n) is 14.5. The molecule has 4 rings (SSSR count). The van der Waals surface area contributed by atoms with Crippen LogP contribution in [0.25, 0.3) is 22.6 Å². The molecular weight excluding hydrogens is 400 g/mol. The van der Waals surface area contributed by atoms with Crippen LogP contribution >= 0.6 is 15.9 Å². The summed E-state index contributed by atoms with van der Waals surface area (Å²) in [7, 11) is 0. The average Bonchev–Trinajstić information content (AvgIpc) is 3.13. The first-order chi connectivity index (χ1) is 13.2. The lowest BCUT2D eigenvalue weighted by Crippen LogP contribution is -2.04. The van der Waals surface area contributed by atoms with Crippen LogP contribution in [0.15, 0.2) is 89.4 Å². The molecular formula is C23H17BrN2O. The minimum Gasteiger partial charge on any atom is -0.341 e. The van der Waals surface area contributed by atoms with Gasteiger partial charge in [-0.3, -0.25) is 4.79 Å². The molecule has 0 atom stereocenters. The number of aromatic amines is 1. The number of imidazole rings is 1. The summed E-state index contributed by atoms with van der Waals surface area (Å²) in [5, 5.41) is 0. The number of aromatic nitrogens is 2. The van der Waals surface area contributed by atoms with E-state index in [0.717, 1.165) is 32.8 Å². The maximum absolute atomic E-state index is 12.7. The summed E-state index contributed by atoms with van der Waals surface area (Å²) in [6, 6.07) is 27.3. The molecule has 1 N–H and O–H groups in total. The highest BCUT2D eigenvalue weighted by Crippen LogP contribution is 2.27. The smallest absolute Gasteiger partial charge is 0.168 e. The number of carbonyl (C=O) groups is 1. The second-order valence-corrected chi connectivity index (χ2v) is 7.17. The molecule has 1 aromatic heterocycles. The van der Waals surface area contributed by atoms with Gasteiger partial charge in [0.05, 0.1) is 17.8 Å². The number of nitrogens with zero attached hydrogens (tertiary/aromatic N) is 1. The zero-order chi connectivity index (χ0) is 18.6. The van der Waals surface area contributed by atoms with Gasteiger partial charge in [0, 0.05) is 21.2 Å². The number of halogens is 1.